The Balaban J connectivity index is 1.43. The van der Waals surface area contributed by atoms with Crippen molar-refractivity contribution in [2.24, 2.45) is 5.10 Å². The number of aryl methyl sites for hydroxylation is 1. The van der Waals surface area contributed by atoms with Crippen molar-refractivity contribution < 1.29 is 14.3 Å². The number of benzene rings is 2. The minimum Gasteiger partial charge on any atom is -0.454 e. The van der Waals surface area contributed by atoms with Crippen molar-refractivity contribution in [2.75, 3.05) is 18.7 Å². The van der Waals surface area contributed by atoms with E-state index in [2.05, 4.69) is 15.8 Å². The largest absolute Gasteiger partial charge is 0.454 e. The van der Waals surface area contributed by atoms with E-state index >= 15 is 0 Å². The summed E-state index contributed by atoms with van der Waals surface area (Å²) in [6.45, 7) is 2.40. The lowest BCUT2D eigenvalue weighted by Crippen LogP contribution is -2.25. The van der Waals surface area contributed by atoms with Crippen LogP contribution in [0.1, 0.15) is 11.1 Å². The topological polar surface area (TPSA) is 72.0 Å². The van der Waals surface area contributed by atoms with Crippen LogP contribution in [0.15, 0.2) is 53.6 Å². The van der Waals surface area contributed by atoms with Crippen LogP contribution < -0.4 is 20.2 Å². The van der Waals surface area contributed by atoms with E-state index in [9.17, 15) is 4.79 Å². The van der Waals surface area contributed by atoms with Crippen molar-refractivity contribution in [3.63, 3.8) is 0 Å². The van der Waals surface area contributed by atoms with Gasteiger partial charge in [-0.1, -0.05) is 30.3 Å². The van der Waals surface area contributed by atoms with Gasteiger partial charge in [0.05, 0.1) is 6.54 Å². The number of nitrogens with one attached hydrogen (secondary N) is 2. The fourth-order valence-electron chi connectivity index (χ4n) is 2.31. The quantitative estimate of drug-likeness (QED) is 0.628. The van der Waals surface area contributed by atoms with E-state index < -0.39 is 0 Å². The van der Waals surface area contributed by atoms with Crippen molar-refractivity contribution in [1.29, 1.82) is 0 Å². The number of ether oxygens (including phenoxy) is 2. The van der Waals surface area contributed by atoms with Crippen LogP contribution in [0.5, 0.6) is 11.5 Å². The molecule has 0 aliphatic carbocycles. The van der Waals surface area contributed by atoms with Crippen LogP contribution in [0.25, 0.3) is 6.08 Å². The Morgan fingerprint density at radius 2 is 2.04 bits per heavy atom. The van der Waals surface area contributed by atoms with Crippen LogP contribution in [0.2, 0.25) is 0 Å². The number of rotatable bonds is 6. The number of hydrogen-bond acceptors (Lipinski definition) is 5. The van der Waals surface area contributed by atoms with Gasteiger partial charge < -0.3 is 14.8 Å². The molecule has 0 aromatic heterocycles. The zero-order chi connectivity index (χ0) is 17.5. The summed E-state index contributed by atoms with van der Waals surface area (Å²) in [6.07, 6.45) is 5.13. The molecule has 3 rings (SSSR count). The molecule has 128 valence electrons. The monoisotopic (exact) mass is 337 g/mol. The Kier molecular flexibility index (Phi) is 5.31. The highest BCUT2D eigenvalue weighted by atomic mass is 16.7. The molecule has 6 heteroatoms. The Morgan fingerprint density at radius 1 is 1.20 bits per heavy atom. The predicted molar refractivity (Wildman–Crippen MR) is 97.9 cm³/mol. The van der Waals surface area contributed by atoms with Gasteiger partial charge in [-0.05, 0) is 42.3 Å². The van der Waals surface area contributed by atoms with Gasteiger partial charge in [-0.3, -0.25) is 4.79 Å². The minimum atomic E-state index is -0.212. The van der Waals surface area contributed by atoms with Gasteiger partial charge in [-0.2, -0.15) is 5.10 Å². The molecule has 0 bridgehead atoms. The van der Waals surface area contributed by atoms with E-state index in [1.54, 1.807) is 6.08 Å². The lowest BCUT2D eigenvalue weighted by atomic mass is 10.2. The van der Waals surface area contributed by atoms with Crippen molar-refractivity contribution >= 4 is 23.9 Å². The Labute approximate surface area is 146 Å². The first kappa shape index (κ1) is 16.6. The van der Waals surface area contributed by atoms with E-state index in [4.69, 9.17) is 9.47 Å². The van der Waals surface area contributed by atoms with Gasteiger partial charge in [0.15, 0.2) is 11.5 Å². The van der Waals surface area contributed by atoms with Gasteiger partial charge in [0, 0.05) is 11.9 Å². The number of nitrogens with zero attached hydrogens (tertiary/aromatic N) is 1. The van der Waals surface area contributed by atoms with Crippen molar-refractivity contribution in [3.05, 3.63) is 59.7 Å². The smallest absolute Gasteiger partial charge is 0.259 e. The van der Waals surface area contributed by atoms with E-state index in [0.717, 1.165) is 28.3 Å². The second-order valence-corrected chi connectivity index (χ2v) is 5.45. The van der Waals surface area contributed by atoms with Crippen molar-refractivity contribution in [1.82, 2.24) is 5.43 Å². The summed E-state index contributed by atoms with van der Waals surface area (Å²) in [6, 6.07) is 13.5. The molecule has 2 aromatic rings. The second-order valence-electron chi connectivity index (χ2n) is 5.45. The highest BCUT2D eigenvalue weighted by molar-refractivity contribution is 5.83. The van der Waals surface area contributed by atoms with Gasteiger partial charge in [0.1, 0.15) is 0 Å². The Morgan fingerprint density at radius 3 is 2.92 bits per heavy atom. The molecule has 0 unspecified atom stereocenters. The summed E-state index contributed by atoms with van der Waals surface area (Å²) >= 11 is 0. The molecule has 1 heterocycles. The van der Waals surface area contributed by atoms with Gasteiger partial charge in [-0.15, -0.1) is 0 Å². The van der Waals surface area contributed by atoms with Crippen LogP contribution in [0.4, 0.5) is 5.69 Å². The molecule has 0 fully saturated rings. The standard InChI is InChI=1S/C19H19N3O3/c1-14-5-2-3-7-16(14)20-12-19(23)22-21-10-4-6-15-8-9-17-18(11-15)25-13-24-17/h2-11,20H,12-13H2,1H3,(H,22,23)/b6-4+,21-10+. The molecule has 1 amide bonds. The maximum atomic E-state index is 11.7. The SMILES string of the molecule is Cc1ccccc1NCC(=O)N/N=C/C=C/c1ccc2c(c1)OCO2. The van der Waals surface area contributed by atoms with Gasteiger partial charge in [-0.25, -0.2) is 5.43 Å². The number of hydrazone groups is 1. The van der Waals surface area contributed by atoms with Crippen LogP contribution in [0, 0.1) is 6.92 Å². The molecule has 0 spiro atoms. The lowest BCUT2D eigenvalue weighted by Gasteiger charge is -2.07. The molecule has 0 radical (unpaired) electrons. The summed E-state index contributed by atoms with van der Waals surface area (Å²) < 4.78 is 10.6. The highest BCUT2D eigenvalue weighted by Gasteiger charge is 2.11. The van der Waals surface area contributed by atoms with E-state index in [0.29, 0.717) is 0 Å². The van der Waals surface area contributed by atoms with Gasteiger partial charge in [0.25, 0.3) is 5.91 Å². The summed E-state index contributed by atoms with van der Waals surface area (Å²) in [5.74, 6) is 1.27. The van der Waals surface area contributed by atoms with Crippen molar-refractivity contribution in [3.8, 4) is 11.5 Å². The van der Waals surface area contributed by atoms with Crippen LogP contribution >= 0.6 is 0 Å². The summed E-state index contributed by atoms with van der Waals surface area (Å²) in [4.78, 5) is 11.7. The molecule has 6 nitrogen and oxygen atoms in total. The number of carbonyl (C=O) groups is 1. The first-order chi connectivity index (χ1) is 12.2. The fraction of sp³-hybridized carbons (Fsp3) is 0.158. The minimum absolute atomic E-state index is 0.161. The molecule has 2 aromatic carbocycles. The first-order valence-electron chi connectivity index (χ1n) is 7.90. The molecule has 1 aliphatic rings. The summed E-state index contributed by atoms with van der Waals surface area (Å²) in [5, 5.41) is 6.96. The molecule has 2 N–H and O–H groups in total. The van der Waals surface area contributed by atoms with Crippen LogP contribution in [-0.2, 0) is 4.79 Å². The van der Waals surface area contributed by atoms with E-state index in [1.807, 2.05) is 55.5 Å². The summed E-state index contributed by atoms with van der Waals surface area (Å²) in [5.41, 5.74) is 5.46. The normalized spacial score (nSPS) is 12.7. The molecule has 0 atom stereocenters. The third kappa shape index (κ3) is 4.60. The third-order valence-electron chi connectivity index (χ3n) is 3.62. The number of carbonyl (C=O) groups excluding carboxylic acids is 1. The zero-order valence-electron chi connectivity index (χ0n) is 13.9. The van der Waals surface area contributed by atoms with Crippen LogP contribution in [0.3, 0.4) is 0 Å². The first-order valence-corrected chi connectivity index (χ1v) is 7.90. The molecule has 0 saturated heterocycles. The number of fused-ring (bicyclic) bond motifs is 1. The average molecular weight is 337 g/mol. The summed E-state index contributed by atoms with van der Waals surface area (Å²) in [7, 11) is 0. The average Bonchev–Trinajstić information content (AvgIpc) is 3.08. The molecular formula is C19H19N3O3. The molecule has 1 aliphatic heterocycles. The molecule has 25 heavy (non-hydrogen) atoms. The fourth-order valence-corrected chi connectivity index (χ4v) is 2.31. The highest BCUT2D eigenvalue weighted by Crippen LogP contribution is 2.32. The number of anilines is 1. The Hall–Kier alpha value is -3.28. The lowest BCUT2D eigenvalue weighted by molar-refractivity contribution is -0.119. The predicted octanol–water partition coefficient (Wildman–Crippen LogP) is 2.95. The van der Waals surface area contributed by atoms with Crippen LogP contribution in [-0.4, -0.2) is 25.5 Å². The number of allylic oxidation sites excluding steroid dienone is 1. The van der Waals surface area contributed by atoms with Gasteiger partial charge in [0.2, 0.25) is 6.79 Å². The molecule has 0 saturated carbocycles. The van der Waals surface area contributed by atoms with Gasteiger partial charge >= 0.3 is 0 Å². The number of para-hydroxylation sites is 1. The zero-order valence-corrected chi connectivity index (χ0v) is 13.9. The maximum absolute atomic E-state index is 11.7. The van der Waals surface area contributed by atoms with Crippen molar-refractivity contribution in [2.45, 2.75) is 6.92 Å². The molecular weight excluding hydrogens is 318 g/mol. The van der Waals surface area contributed by atoms with E-state index in [1.165, 1.54) is 6.21 Å². The Bertz CT molecular complexity index is 815. The maximum Gasteiger partial charge on any atom is 0.259 e. The second kappa shape index (κ2) is 8.01. The number of amides is 1. The van der Waals surface area contributed by atoms with E-state index in [-0.39, 0.29) is 19.2 Å². The number of hydrogen-bond donors (Lipinski definition) is 2. The third-order valence-corrected chi connectivity index (χ3v) is 3.62.